The molecule has 1 fully saturated rings. The van der Waals surface area contributed by atoms with Gasteiger partial charge in [-0.25, -0.2) is 0 Å². The zero-order valence-corrected chi connectivity index (χ0v) is 9.77. The highest BCUT2D eigenvalue weighted by molar-refractivity contribution is 5.92. The molecular weight excluding hydrogens is 218 g/mol. The first-order chi connectivity index (χ1) is 8.01. The Hall–Kier alpha value is -1.43. The van der Waals surface area contributed by atoms with Gasteiger partial charge >= 0.3 is 0 Å². The third-order valence-corrected chi connectivity index (χ3v) is 2.98. The van der Waals surface area contributed by atoms with Crippen LogP contribution in [0, 0.1) is 0 Å². The predicted molar refractivity (Wildman–Crippen MR) is 64.2 cm³/mol. The number of hydrogen-bond acceptors (Lipinski definition) is 4. The fraction of sp³-hybridized carbons (Fsp3) is 0.417. The Balaban J connectivity index is 2.32. The molecule has 5 nitrogen and oxygen atoms in total. The van der Waals surface area contributed by atoms with Crippen LogP contribution >= 0.6 is 0 Å². The molecule has 17 heavy (non-hydrogen) atoms. The lowest BCUT2D eigenvalue weighted by atomic mass is 9.93. The summed E-state index contributed by atoms with van der Waals surface area (Å²) in [6.45, 7) is 3.23. The fourth-order valence-electron chi connectivity index (χ4n) is 2.04. The second-order valence-electron chi connectivity index (χ2n) is 4.46. The van der Waals surface area contributed by atoms with E-state index >= 15 is 0 Å². The second-order valence-corrected chi connectivity index (χ2v) is 4.46. The summed E-state index contributed by atoms with van der Waals surface area (Å²) >= 11 is 0. The number of amides is 1. The van der Waals surface area contributed by atoms with E-state index in [1.165, 1.54) is 0 Å². The average molecular weight is 235 g/mol. The van der Waals surface area contributed by atoms with Crippen molar-refractivity contribution in [2.45, 2.75) is 18.8 Å². The predicted octanol–water partition coefficient (Wildman–Crippen LogP) is -0.0947. The van der Waals surface area contributed by atoms with Crippen molar-refractivity contribution in [1.82, 2.24) is 5.32 Å². The van der Waals surface area contributed by atoms with Crippen LogP contribution in [0.3, 0.4) is 0 Å². The number of carbonyl (C=O) groups excluding carboxylic acids is 1. The van der Waals surface area contributed by atoms with Crippen LogP contribution in [0.5, 0.6) is 0 Å². The molecule has 0 aliphatic carbocycles. The Morgan fingerprint density at radius 2 is 2.35 bits per heavy atom. The number of nitrogens with one attached hydrogen (secondary N) is 1. The molecular formula is C12H17N3O2. The molecule has 1 aliphatic heterocycles. The SMILES string of the molecule is CC1(c2cccc(C(N)=O)c2)CNCC(N)O1. The molecule has 1 heterocycles. The van der Waals surface area contributed by atoms with Crippen LogP contribution < -0.4 is 16.8 Å². The number of benzene rings is 1. The van der Waals surface area contributed by atoms with Crippen LogP contribution in [0.15, 0.2) is 24.3 Å². The zero-order valence-electron chi connectivity index (χ0n) is 9.77. The van der Waals surface area contributed by atoms with E-state index in [1.807, 2.05) is 13.0 Å². The molecule has 0 radical (unpaired) electrons. The van der Waals surface area contributed by atoms with Gasteiger partial charge in [-0.3, -0.25) is 4.79 Å². The third-order valence-electron chi connectivity index (χ3n) is 2.98. The van der Waals surface area contributed by atoms with E-state index in [2.05, 4.69) is 5.32 Å². The van der Waals surface area contributed by atoms with Gasteiger partial charge in [-0.15, -0.1) is 0 Å². The second kappa shape index (κ2) is 4.44. The van der Waals surface area contributed by atoms with Crippen molar-refractivity contribution in [1.29, 1.82) is 0 Å². The monoisotopic (exact) mass is 235 g/mol. The molecule has 0 bridgehead atoms. The third kappa shape index (κ3) is 2.46. The first kappa shape index (κ1) is 12.0. The molecule has 0 aromatic heterocycles. The van der Waals surface area contributed by atoms with E-state index in [4.69, 9.17) is 16.2 Å². The molecule has 1 aromatic rings. The number of nitrogens with two attached hydrogens (primary N) is 2. The molecule has 1 aliphatic rings. The minimum atomic E-state index is -0.525. The van der Waals surface area contributed by atoms with Gasteiger partial charge in [-0.1, -0.05) is 12.1 Å². The van der Waals surface area contributed by atoms with E-state index in [9.17, 15) is 4.79 Å². The number of morpholine rings is 1. The zero-order chi connectivity index (χ0) is 12.5. The van der Waals surface area contributed by atoms with Crippen molar-refractivity contribution in [3.05, 3.63) is 35.4 Å². The van der Waals surface area contributed by atoms with Gasteiger partial charge < -0.3 is 21.5 Å². The molecule has 5 heteroatoms. The Kier molecular flexibility index (Phi) is 3.15. The molecule has 92 valence electrons. The van der Waals surface area contributed by atoms with Crippen LogP contribution in [0.2, 0.25) is 0 Å². The van der Waals surface area contributed by atoms with Gasteiger partial charge in [0.2, 0.25) is 5.91 Å². The van der Waals surface area contributed by atoms with Gasteiger partial charge in [0, 0.05) is 18.7 Å². The highest BCUT2D eigenvalue weighted by atomic mass is 16.5. The smallest absolute Gasteiger partial charge is 0.248 e. The maximum atomic E-state index is 11.1. The van der Waals surface area contributed by atoms with E-state index in [0.29, 0.717) is 18.7 Å². The minimum Gasteiger partial charge on any atom is -0.366 e. The molecule has 2 atom stereocenters. The average Bonchev–Trinajstić information content (AvgIpc) is 2.29. The van der Waals surface area contributed by atoms with Crippen molar-refractivity contribution in [2.24, 2.45) is 11.5 Å². The summed E-state index contributed by atoms with van der Waals surface area (Å²) in [4.78, 5) is 11.1. The number of ether oxygens (including phenoxy) is 1. The number of hydrogen-bond donors (Lipinski definition) is 3. The molecule has 0 saturated carbocycles. The van der Waals surface area contributed by atoms with Gasteiger partial charge in [-0.05, 0) is 24.6 Å². The lowest BCUT2D eigenvalue weighted by Crippen LogP contribution is -2.53. The van der Waals surface area contributed by atoms with Crippen LogP contribution in [0.25, 0.3) is 0 Å². The molecule has 2 unspecified atom stereocenters. The van der Waals surface area contributed by atoms with Crippen molar-refractivity contribution in [3.8, 4) is 0 Å². The number of rotatable bonds is 2. The fourth-order valence-corrected chi connectivity index (χ4v) is 2.04. The largest absolute Gasteiger partial charge is 0.366 e. The Morgan fingerprint density at radius 1 is 1.59 bits per heavy atom. The summed E-state index contributed by atoms with van der Waals surface area (Å²) in [6.07, 6.45) is -0.342. The summed E-state index contributed by atoms with van der Waals surface area (Å²) in [5.74, 6) is -0.441. The van der Waals surface area contributed by atoms with Crippen LogP contribution in [-0.2, 0) is 10.3 Å². The molecule has 2 rings (SSSR count). The van der Waals surface area contributed by atoms with Crippen LogP contribution in [-0.4, -0.2) is 25.2 Å². The molecule has 1 amide bonds. The van der Waals surface area contributed by atoms with Crippen molar-refractivity contribution < 1.29 is 9.53 Å². The summed E-state index contributed by atoms with van der Waals surface area (Å²) < 4.78 is 5.76. The lowest BCUT2D eigenvalue weighted by Gasteiger charge is -2.38. The van der Waals surface area contributed by atoms with Crippen molar-refractivity contribution in [2.75, 3.05) is 13.1 Å². The first-order valence-electron chi connectivity index (χ1n) is 5.56. The quantitative estimate of drug-likeness (QED) is 0.668. The van der Waals surface area contributed by atoms with Gasteiger partial charge in [0.25, 0.3) is 0 Å². The summed E-state index contributed by atoms with van der Waals surface area (Å²) in [6, 6.07) is 7.14. The van der Waals surface area contributed by atoms with Gasteiger partial charge in [0.15, 0.2) is 0 Å². The summed E-state index contributed by atoms with van der Waals surface area (Å²) in [5.41, 5.74) is 11.9. The standard InChI is InChI=1S/C12H17N3O2/c1-12(7-15-6-10(13)17-12)9-4-2-3-8(5-9)11(14)16/h2-5,10,15H,6-7,13H2,1H3,(H2,14,16). The summed E-state index contributed by atoms with van der Waals surface area (Å²) in [5, 5.41) is 3.21. The molecule has 5 N–H and O–H groups in total. The van der Waals surface area contributed by atoms with E-state index < -0.39 is 11.5 Å². The van der Waals surface area contributed by atoms with E-state index in [1.54, 1.807) is 18.2 Å². The Morgan fingerprint density at radius 3 is 3.00 bits per heavy atom. The van der Waals surface area contributed by atoms with Gasteiger partial charge in [0.05, 0.1) is 0 Å². The van der Waals surface area contributed by atoms with Crippen LogP contribution in [0.4, 0.5) is 0 Å². The maximum Gasteiger partial charge on any atom is 0.248 e. The minimum absolute atomic E-state index is 0.342. The van der Waals surface area contributed by atoms with Crippen molar-refractivity contribution >= 4 is 5.91 Å². The topological polar surface area (TPSA) is 90.4 Å². The molecule has 0 spiro atoms. The Labute approximate surface area is 100 Å². The van der Waals surface area contributed by atoms with Crippen LogP contribution in [0.1, 0.15) is 22.8 Å². The maximum absolute atomic E-state index is 11.1. The number of primary amides is 1. The van der Waals surface area contributed by atoms with Crippen molar-refractivity contribution in [3.63, 3.8) is 0 Å². The molecule has 1 aromatic carbocycles. The Bertz CT molecular complexity index is 436. The molecule has 1 saturated heterocycles. The van der Waals surface area contributed by atoms with E-state index in [-0.39, 0.29) is 6.23 Å². The normalized spacial score (nSPS) is 28.9. The van der Waals surface area contributed by atoms with E-state index in [0.717, 1.165) is 5.56 Å². The highest BCUT2D eigenvalue weighted by Crippen LogP contribution is 2.28. The summed E-state index contributed by atoms with van der Waals surface area (Å²) in [7, 11) is 0. The lowest BCUT2D eigenvalue weighted by molar-refractivity contribution is -0.107. The van der Waals surface area contributed by atoms with Gasteiger partial charge in [-0.2, -0.15) is 0 Å². The highest BCUT2D eigenvalue weighted by Gasteiger charge is 2.33. The first-order valence-corrected chi connectivity index (χ1v) is 5.56. The number of carbonyl (C=O) groups is 1. The van der Waals surface area contributed by atoms with Gasteiger partial charge in [0.1, 0.15) is 11.8 Å².